The van der Waals surface area contributed by atoms with E-state index in [0.717, 1.165) is 48.3 Å². The molecular weight excluding hydrogens is 350 g/mol. The summed E-state index contributed by atoms with van der Waals surface area (Å²) < 4.78 is 0. The SMILES string of the molecule is Cc1ccc(NC(=O)CN2CCC(NC(=O)c3ccccc3C)CC2)c(C)c1. The van der Waals surface area contributed by atoms with E-state index < -0.39 is 0 Å². The zero-order valence-corrected chi connectivity index (χ0v) is 16.9. The Morgan fingerprint density at radius 2 is 1.71 bits per heavy atom. The number of hydrogen-bond donors (Lipinski definition) is 2. The Bertz CT molecular complexity index is 855. The second-order valence-electron chi connectivity index (χ2n) is 7.71. The van der Waals surface area contributed by atoms with Crippen LogP contribution >= 0.6 is 0 Å². The maximum atomic E-state index is 12.5. The molecule has 2 aromatic carbocycles. The zero-order chi connectivity index (χ0) is 20.1. The highest BCUT2D eigenvalue weighted by atomic mass is 16.2. The molecule has 1 aliphatic heterocycles. The lowest BCUT2D eigenvalue weighted by atomic mass is 10.0. The van der Waals surface area contributed by atoms with Gasteiger partial charge in [0.2, 0.25) is 5.91 Å². The summed E-state index contributed by atoms with van der Waals surface area (Å²) in [6, 6.07) is 13.8. The van der Waals surface area contributed by atoms with Gasteiger partial charge in [0.05, 0.1) is 6.54 Å². The first-order chi connectivity index (χ1) is 13.4. The summed E-state index contributed by atoms with van der Waals surface area (Å²) in [6.07, 6.45) is 1.71. The van der Waals surface area contributed by atoms with Crippen LogP contribution in [0.15, 0.2) is 42.5 Å². The molecule has 28 heavy (non-hydrogen) atoms. The minimum Gasteiger partial charge on any atom is -0.349 e. The molecule has 2 amide bonds. The fourth-order valence-electron chi connectivity index (χ4n) is 3.67. The Kier molecular flexibility index (Phi) is 6.47. The Morgan fingerprint density at radius 1 is 1.00 bits per heavy atom. The molecule has 0 atom stereocenters. The van der Waals surface area contributed by atoms with Gasteiger partial charge in [0.15, 0.2) is 0 Å². The van der Waals surface area contributed by atoms with E-state index in [1.807, 2.05) is 57.2 Å². The number of amides is 2. The van der Waals surface area contributed by atoms with Crippen molar-refractivity contribution >= 4 is 17.5 Å². The summed E-state index contributed by atoms with van der Waals surface area (Å²) in [5.74, 6) is -0.00140. The summed E-state index contributed by atoms with van der Waals surface area (Å²) in [6.45, 7) is 7.99. The largest absolute Gasteiger partial charge is 0.349 e. The number of anilines is 1. The molecule has 0 aliphatic carbocycles. The van der Waals surface area contributed by atoms with Gasteiger partial charge in [0, 0.05) is 30.4 Å². The number of rotatable bonds is 5. The minimum atomic E-state index is -0.0101. The van der Waals surface area contributed by atoms with Crippen LogP contribution in [0.25, 0.3) is 0 Å². The number of aryl methyl sites for hydroxylation is 3. The van der Waals surface area contributed by atoms with Crippen molar-refractivity contribution in [1.29, 1.82) is 0 Å². The minimum absolute atomic E-state index is 0.00866. The second kappa shape index (κ2) is 9.02. The van der Waals surface area contributed by atoms with Crippen LogP contribution in [0.5, 0.6) is 0 Å². The molecule has 0 aromatic heterocycles. The molecular formula is C23H29N3O2. The van der Waals surface area contributed by atoms with Crippen molar-refractivity contribution < 1.29 is 9.59 Å². The molecule has 0 radical (unpaired) electrons. The smallest absolute Gasteiger partial charge is 0.251 e. The summed E-state index contributed by atoms with van der Waals surface area (Å²) in [4.78, 5) is 27.0. The van der Waals surface area contributed by atoms with Gasteiger partial charge in [-0.2, -0.15) is 0 Å². The van der Waals surface area contributed by atoms with Crippen LogP contribution in [0.3, 0.4) is 0 Å². The van der Waals surface area contributed by atoms with Crippen molar-refractivity contribution in [2.75, 3.05) is 25.0 Å². The standard InChI is InChI=1S/C23H29N3O2/c1-16-8-9-21(18(3)14-16)25-22(27)15-26-12-10-19(11-13-26)24-23(28)20-7-5-4-6-17(20)2/h4-9,14,19H,10-13,15H2,1-3H3,(H,24,28)(H,25,27). The number of nitrogens with zero attached hydrogens (tertiary/aromatic N) is 1. The lowest BCUT2D eigenvalue weighted by Crippen LogP contribution is -2.46. The maximum absolute atomic E-state index is 12.5. The predicted molar refractivity (Wildman–Crippen MR) is 113 cm³/mol. The summed E-state index contributed by atoms with van der Waals surface area (Å²) in [7, 11) is 0. The van der Waals surface area contributed by atoms with E-state index in [1.165, 1.54) is 5.56 Å². The third-order valence-electron chi connectivity index (χ3n) is 5.34. The Labute approximate surface area is 167 Å². The van der Waals surface area contributed by atoms with Gasteiger partial charge >= 0.3 is 0 Å². The second-order valence-corrected chi connectivity index (χ2v) is 7.71. The Balaban J connectivity index is 1.45. The van der Waals surface area contributed by atoms with Crippen LogP contribution in [-0.2, 0) is 4.79 Å². The highest BCUT2D eigenvalue weighted by Crippen LogP contribution is 2.17. The molecule has 0 spiro atoms. The van der Waals surface area contributed by atoms with Crippen molar-refractivity contribution in [2.45, 2.75) is 39.7 Å². The van der Waals surface area contributed by atoms with Crippen LogP contribution in [0.2, 0.25) is 0 Å². The lowest BCUT2D eigenvalue weighted by molar-refractivity contribution is -0.117. The van der Waals surface area contributed by atoms with Crippen molar-refractivity contribution in [3.63, 3.8) is 0 Å². The third-order valence-corrected chi connectivity index (χ3v) is 5.34. The number of piperidine rings is 1. The maximum Gasteiger partial charge on any atom is 0.251 e. The molecule has 5 heteroatoms. The lowest BCUT2D eigenvalue weighted by Gasteiger charge is -2.32. The van der Waals surface area contributed by atoms with Gasteiger partial charge in [-0.25, -0.2) is 0 Å². The summed E-state index contributed by atoms with van der Waals surface area (Å²) in [5.41, 5.74) is 4.85. The molecule has 1 aliphatic rings. The number of hydrogen-bond acceptors (Lipinski definition) is 3. The van der Waals surface area contributed by atoms with E-state index in [2.05, 4.69) is 21.6 Å². The van der Waals surface area contributed by atoms with Gasteiger partial charge in [-0.05, 0) is 56.9 Å². The summed E-state index contributed by atoms with van der Waals surface area (Å²) >= 11 is 0. The Hall–Kier alpha value is -2.66. The molecule has 0 saturated carbocycles. The molecule has 1 heterocycles. The van der Waals surface area contributed by atoms with Crippen molar-refractivity contribution in [2.24, 2.45) is 0 Å². The molecule has 1 saturated heterocycles. The number of carbonyl (C=O) groups is 2. The van der Waals surface area contributed by atoms with E-state index in [-0.39, 0.29) is 17.9 Å². The van der Waals surface area contributed by atoms with Crippen LogP contribution in [0, 0.1) is 20.8 Å². The fraction of sp³-hybridized carbons (Fsp3) is 0.391. The first kappa shape index (κ1) is 20.1. The van der Waals surface area contributed by atoms with E-state index in [0.29, 0.717) is 6.54 Å². The van der Waals surface area contributed by atoms with Crippen LogP contribution in [0.1, 0.15) is 39.9 Å². The van der Waals surface area contributed by atoms with Crippen molar-refractivity contribution in [3.8, 4) is 0 Å². The van der Waals surface area contributed by atoms with E-state index in [9.17, 15) is 9.59 Å². The van der Waals surface area contributed by atoms with Crippen LogP contribution in [-0.4, -0.2) is 42.4 Å². The first-order valence-corrected chi connectivity index (χ1v) is 9.88. The van der Waals surface area contributed by atoms with Gasteiger partial charge < -0.3 is 10.6 Å². The van der Waals surface area contributed by atoms with Crippen LogP contribution < -0.4 is 10.6 Å². The third kappa shape index (κ3) is 5.20. The van der Waals surface area contributed by atoms with Gasteiger partial charge in [-0.15, -0.1) is 0 Å². The summed E-state index contributed by atoms with van der Waals surface area (Å²) in [5, 5.41) is 6.14. The monoisotopic (exact) mass is 379 g/mol. The molecule has 2 aromatic rings. The zero-order valence-electron chi connectivity index (χ0n) is 16.9. The van der Waals surface area contributed by atoms with E-state index in [1.54, 1.807) is 0 Å². The average Bonchev–Trinajstić information content (AvgIpc) is 2.66. The number of benzene rings is 2. The number of nitrogens with one attached hydrogen (secondary N) is 2. The molecule has 0 unspecified atom stereocenters. The molecule has 148 valence electrons. The topological polar surface area (TPSA) is 61.4 Å². The average molecular weight is 380 g/mol. The van der Waals surface area contributed by atoms with Gasteiger partial charge in [0.25, 0.3) is 5.91 Å². The quantitative estimate of drug-likeness (QED) is 0.837. The fourth-order valence-corrected chi connectivity index (χ4v) is 3.67. The number of carbonyl (C=O) groups excluding carboxylic acids is 2. The normalized spacial score (nSPS) is 15.2. The van der Waals surface area contributed by atoms with Crippen molar-refractivity contribution in [3.05, 3.63) is 64.7 Å². The van der Waals surface area contributed by atoms with Gasteiger partial charge in [0.1, 0.15) is 0 Å². The van der Waals surface area contributed by atoms with Crippen LogP contribution in [0.4, 0.5) is 5.69 Å². The highest BCUT2D eigenvalue weighted by molar-refractivity contribution is 5.95. The number of likely N-dealkylation sites (tertiary alicyclic amines) is 1. The molecule has 3 rings (SSSR count). The first-order valence-electron chi connectivity index (χ1n) is 9.88. The van der Waals surface area contributed by atoms with E-state index >= 15 is 0 Å². The molecule has 5 nitrogen and oxygen atoms in total. The predicted octanol–water partition coefficient (Wildman–Crippen LogP) is 3.44. The molecule has 0 bridgehead atoms. The van der Waals surface area contributed by atoms with E-state index in [4.69, 9.17) is 0 Å². The van der Waals surface area contributed by atoms with Gasteiger partial charge in [-0.3, -0.25) is 14.5 Å². The highest BCUT2D eigenvalue weighted by Gasteiger charge is 2.23. The molecule has 1 fully saturated rings. The van der Waals surface area contributed by atoms with Crippen molar-refractivity contribution in [1.82, 2.24) is 10.2 Å². The molecule has 2 N–H and O–H groups in total. The Morgan fingerprint density at radius 3 is 2.39 bits per heavy atom. The van der Waals surface area contributed by atoms with Gasteiger partial charge in [-0.1, -0.05) is 35.9 Å².